The number of fused-ring (bicyclic) bond motifs is 1. The van der Waals surface area contributed by atoms with Gasteiger partial charge >= 0.3 is 12.1 Å². The molecule has 0 saturated carbocycles. The predicted octanol–water partition coefficient (Wildman–Crippen LogP) is 4.52. The van der Waals surface area contributed by atoms with E-state index in [4.69, 9.17) is 27.0 Å². The Morgan fingerprint density at radius 2 is 1.94 bits per heavy atom. The number of ether oxygens (including phenoxy) is 2. The molecule has 0 spiro atoms. The second kappa shape index (κ2) is 8.73. The van der Waals surface area contributed by atoms with Gasteiger partial charge < -0.3 is 14.4 Å². The van der Waals surface area contributed by atoms with Crippen molar-refractivity contribution in [2.75, 3.05) is 22.7 Å². The van der Waals surface area contributed by atoms with Crippen LogP contribution in [0.25, 0.3) is 0 Å². The molecular formula is C23H18F3N3O4S2. The van der Waals surface area contributed by atoms with Gasteiger partial charge in [-0.05, 0) is 62.5 Å². The average molecular weight is 522 g/mol. The molecule has 12 heteroatoms. The predicted molar refractivity (Wildman–Crippen MR) is 126 cm³/mol. The molecule has 2 aliphatic heterocycles. The van der Waals surface area contributed by atoms with E-state index in [-0.39, 0.29) is 10.8 Å². The van der Waals surface area contributed by atoms with Crippen molar-refractivity contribution in [1.29, 1.82) is 5.26 Å². The van der Waals surface area contributed by atoms with Crippen LogP contribution in [0.5, 0.6) is 5.75 Å². The van der Waals surface area contributed by atoms with Crippen molar-refractivity contribution in [3.8, 4) is 11.8 Å². The molecule has 0 radical (unpaired) electrons. The number of hydrogen-bond acceptors (Lipinski definition) is 7. The standard InChI is InChI=1S/C23H18F3N3O4S2/c1-22(2)20(31)28(13-5-4-12(10-27)15(8-13)23(24,25)26)21(34)29(22)14-6-7-16-18(9-14)35-11-17(33-16)19(30)32-3/h4-9,17H,11H2,1-3H3. The quantitative estimate of drug-likeness (QED) is 0.431. The van der Waals surface area contributed by atoms with Gasteiger partial charge in [0.1, 0.15) is 11.3 Å². The molecule has 0 N–H and O–H groups in total. The van der Waals surface area contributed by atoms with Crippen LogP contribution >= 0.6 is 24.0 Å². The molecule has 2 aromatic rings. The zero-order valence-corrected chi connectivity index (χ0v) is 20.3. The molecule has 2 aliphatic rings. The highest BCUT2D eigenvalue weighted by molar-refractivity contribution is 7.99. The van der Waals surface area contributed by atoms with Gasteiger partial charge in [0, 0.05) is 11.4 Å². The van der Waals surface area contributed by atoms with Crippen molar-refractivity contribution >= 4 is 52.3 Å². The maximum absolute atomic E-state index is 13.5. The lowest BCUT2D eigenvalue weighted by atomic mass is 10.0. The first-order valence-electron chi connectivity index (χ1n) is 10.2. The highest BCUT2D eigenvalue weighted by atomic mass is 32.2. The zero-order valence-electron chi connectivity index (χ0n) is 18.7. The third-order valence-electron chi connectivity index (χ3n) is 5.66. The molecule has 0 aromatic heterocycles. The number of carbonyl (C=O) groups excluding carboxylic acids is 2. The molecule has 0 bridgehead atoms. The van der Waals surface area contributed by atoms with Gasteiger partial charge in [-0.25, -0.2) is 4.79 Å². The number of anilines is 2. The minimum Gasteiger partial charge on any atom is -0.477 e. The summed E-state index contributed by atoms with van der Waals surface area (Å²) in [6.07, 6.45) is -5.53. The van der Waals surface area contributed by atoms with Gasteiger partial charge in [-0.2, -0.15) is 18.4 Å². The van der Waals surface area contributed by atoms with Gasteiger partial charge in [0.05, 0.1) is 34.9 Å². The third kappa shape index (κ3) is 4.19. The van der Waals surface area contributed by atoms with Crippen molar-refractivity contribution in [3.63, 3.8) is 0 Å². The van der Waals surface area contributed by atoms with Gasteiger partial charge in [0.15, 0.2) is 5.11 Å². The average Bonchev–Trinajstić information content (AvgIpc) is 3.00. The number of alkyl halides is 3. The fourth-order valence-corrected chi connectivity index (χ4v) is 5.43. The fourth-order valence-electron chi connectivity index (χ4n) is 3.91. The first-order chi connectivity index (χ1) is 16.4. The molecule has 1 atom stereocenters. The molecule has 2 heterocycles. The Balaban J connectivity index is 1.71. The summed E-state index contributed by atoms with van der Waals surface area (Å²) in [7, 11) is 1.28. The molecule has 1 unspecified atom stereocenters. The van der Waals surface area contributed by atoms with E-state index < -0.39 is 40.8 Å². The minimum absolute atomic E-state index is 0.00746. The first-order valence-corrected chi connectivity index (χ1v) is 11.6. The molecule has 4 rings (SSSR count). The number of methoxy groups -OCH3 is 1. The van der Waals surface area contributed by atoms with Gasteiger partial charge in [0.2, 0.25) is 6.10 Å². The lowest BCUT2D eigenvalue weighted by molar-refractivity contribution is -0.147. The van der Waals surface area contributed by atoms with E-state index in [0.29, 0.717) is 22.1 Å². The SMILES string of the molecule is COC(=O)C1CSc2cc(N3C(=S)N(c4ccc(C#N)c(C(F)(F)F)c4)C(=O)C3(C)C)ccc2O1. The van der Waals surface area contributed by atoms with Crippen LogP contribution in [0.15, 0.2) is 41.3 Å². The summed E-state index contributed by atoms with van der Waals surface area (Å²) in [5.41, 5.74) is -2.46. The number of thioether (sulfide) groups is 1. The van der Waals surface area contributed by atoms with E-state index in [9.17, 15) is 22.8 Å². The number of nitriles is 1. The van der Waals surface area contributed by atoms with Crippen molar-refractivity contribution in [2.45, 2.75) is 36.6 Å². The number of benzene rings is 2. The molecule has 1 amide bonds. The van der Waals surface area contributed by atoms with Gasteiger partial charge in [-0.3, -0.25) is 9.69 Å². The molecule has 0 aliphatic carbocycles. The molecule has 1 fully saturated rings. The first kappa shape index (κ1) is 24.8. The smallest absolute Gasteiger partial charge is 0.417 e. The van der Waals surface area contributed by atoms with Gasteiger partial charge in [0.25, 0.3) is 5.91 Å². The van der Waals surface area contributed by atoms with Gasteiger partial charge in [-0.1, -0.05) is 0 Å². The molecule has 35 heavy (non-hydrogen) atoms. The van der Waals surface area contributed by atoms with Crippen molar-refractivity contribution in [2.24, 2.45) is 0 Å². The number of esters is 1. The molecule has 1 saturated heterocycles. The van der Waals surface area contributed by atoms with Gasteiger partial charge in [-0.15, -0.1) is 11.8 Å². The monoisotopic (exact) mass is 521 g/mol. The second-order valence-electron chi connectivity index (χ2n) is 8.23. The summed E-state index contributed by atoms with van der Waals surface area (Å²) in [5.74, 6) is -0.217. The number of amides is 1. The summed E-state index contributed by atoms with van der Waals surface area (Å²) in [4.78, 5) is 28.5. The lowest BCUT2D eigenvalue weighted by Gasteiger charge is -2.31. The summed E-state index contributed by atoms with van der Waals surface area (Å²) >= 11 is 6.93. The van der Waals surface area contributed by atoms with Crippen molar-refractivity contribution in [3.05, 3.63) is 47.5 Å². The van der Waals surface area contributed by atoms with E-state index in [1.165, 1.54) is 31.0 Å². The molecular weight excluding hydrogens is 503 g/mol. The number of halogens is 3. The zero-order chi connectivity index (χ0) is 25.7. The van der Waals surface area contributed by atoms with Crippen molar-refractivity contribution < 1.29 is 32.2 Å². The summed E-state index contributed by atoms with van der Waals surface area (Å²) in [6.45, 7) is 3.23. The van der Waals surface area contributed by atoms with Crippen LogP contribution in [0, 0.1) is 11.3 Å². The Morgan fingerprint density at radius 1 is 1.26 bits per heavy atom. The summed E-state index contributed by atoms with van der Waals surface area (Å²) in [5, 5.41) is 9.06. The van der Waals surface area contributed by atoms with Crippen LogP contribution in [-0.4, -0.2) is 41.5 Å². The second-order valence-corrected chi connectivity index (χ2v) is 9.66. The van der Waals surface area contributed by atoms with Crippen LogP contribution in [0.4, 0.5) is 24.5 Å². The molecule has 2 aromatic carbocycles. The van der Waals surface area contributed by atoms with E-state index in [1.54, 1.807) is 36.9 Å². The Morgan fingerprint density at radius 3 is 2.57 bits per heavy atom. The van der Waals surface area contributed by atoms with Crippen LogP contribution in [0.3, 0.4) is 0 Å². The number of rotatable bonds is 3. The number of hydrogen-bond donors (Lipinski definition) is 0. The highest BCUT2D eigenvalue weighted by Crippen LogP contribution is 2.43. The minimum atomic E-state index is -4.78. The van der Waals surface area contributed by atoms with E-state index >= 15 is 0 Å². The van der Waals surface area contributed by atoms with Crippen LogP contribution < -0.4 is 14.5 Å². The maximum Gasteiger partial charge on any atom is 0.417 e. The normalized spacial score (nSPS) is 19.2. The number of carbonyl (C=O) groups is 2. The Hall–Kier alpha value is -3.30. The number of thiocarbonyl (C=S) groups is 1. The highest BCUT2D eigenvalue weighted by Gasteiger charge is 2.51. The third-order valence-corrected chi connectivity index (χ3v) is 7.13. The molecule has 7 nitrogen and oxygen atoms in total. The van der Waals surface area contributed by atoms with E-state index in [1.807, 2.05) is 0 Å². The lowest BCUT2D eigenvalue weighted by Crippen LogP contribution is -2.44. The number of nitrogens with zero attached hydrogens (tertiary/aromatic N) is 3. The van der Waals surface area contributed by atoms with Crippen LogP contribution in [0.2, 0.25) is 0 Å². The molecule has 182 valence electrons. The Kier molecular flexibility index (Phi) is 6.19. The summed E-state index contributed by atoms with van der Waals surface area (Å²) in [6, 6.07) is 9.61. The summed E-state index contributed by atoms with van der Waals surface area (Å²) < 4.78 is 51.0. The van der Waals surface area contributed by atoms with Crippen LogP contribution in [0.1, 0.15) is 25.0 Å². The van der Waals surface area contributed by atoms with Crippen molar-refractivity contribution in [1.82, 2.24) is 0 Å². The fraction of sp³-hybridized carbons (Fsp3) is 0.304. The van der Waals surface area contributed by atoms with Crippen LogP contribution in [-0.2, 0) is 20.5 Å². The maximum atomic E-state index is 13.5. The van der Waals surface area contributed by atoms with E-state index in [0.717, 1.165) is 17.0 Å². The Labute approximate surface area is 208 Å². The topological polar surface area (TPSA) is 82.9 Å². The Bertz CT molecular complexity index is 1290. The van der Waals surface area contributed by atoms with E-state index in [2.05, 4.69) is 0 Å². The largest absolute Gasteiger partial charge is 0.477 e.